The second kappa shape index (κ2) is 9.73. The van der Waals surface area contributed by atoms with E-state index in [1.54, 1.807) is 23.2 Å². The van der Waals surface area contributed by atoms with Gasteiger partial charge in [-0.1, -0.05) is 53.7 Å². The van der Waals surface area contributed by atoms with Crippen molar-refractivity contribution in [1.29, 1.82) is 0 Å². The van der Waals surface area contributed by atoms with E-state index in [0.29, 0.717) is 5.92 Å². The summed E-state index contributed by atoms with van der Waals surface area (Å²) in [5.41, 5.74) is 3.16. The second-order valence-corrected chi connectivity index (χ2v) is 10.2. The summed E-state index contributed by atoms with van der Waals surface area (Å²) in [4.78, 5) is 6.37. The number of aromatic nitrogens is 5. The van der Waals surface area contributed by atoms with Gasteiger partial charge in [0.1, 0.15) is 5.75 Å². The van der Waals surface area contributed by atoms with E-state index in [1.165, 1.54) is 10.7 Å². The van der Waals surface area contributed by atoms with Crippen molar-refractivity contribution in [1.82, 2.24) is 25.2 Å². The van der Waals surface area contributed by atoms with Gasteiger partial charge >= 0.3 is 0 Å². The molecule has 0 saturated carbocycles. The van der Waals surface area contributed by atoms with Crippen molar-refractivity contribution in [2.75, 3.05) is 7.11 Å². The van der Waals surface area contributed by atoms with Gasteiger partial charge in [0.25, 0.3) is 0 Å². The molecule has 0 atom stereocenters. The predicted octanol–water partition coefficient (Wildman–Crippen LogP) is 6.05. The fraction of sp³-hybridized carbons (Fsp3) is 0.500. The average molecular weight is 440 g/mol. The number of ether oxygens (including phenoxy) is 1. The van der Waals surface area contributed by atoms with E-state index in [0.717, 1.165) is 35.7 Å². The maximum atomic E-state index is 5.56. The first-order valence-corrected chi connectivity index (χ1v) is 11.7. The Bertz CT molecular complexity index is 1030. The molecular weight excluding hydrogens is 406 g/mol. The smallest absolute Gasteiger partial charge is 0.177 e. The van der Waals surface area contributed by atoms with E-state index in [-0.39, 0.29) is 11.3 Å². The summed E-state index contributed by atoms with van der Waals surface area (Å²) in [6.07, 6.45) is 6.23. The number of hydrogen-bond acceptors (Lipinski definition) is 6. The van der Waals surface area contributed by atoms with Crippen LogP contribution in [0.2, 0.25) is 0 Å². The Labute approximate surface area is 189 Å². The molecule has 2 heterocycles. The molecule has 166 valence electrons. The molecule has 3 rings (SSSR count). The Kier molecular flexibility index (Phi) is 7.26. The van der Waals surface area contributed by atoms with E-state index < -0.39 is 0 Å². The van der Waals surface area contributed by atoms with Crippen LogP contribution in [0.15, 0.2) is 29.7 Å². The zero-order valence-corrected chi connectivity index (χ0v) is 20.4. The zero-order valence-electron chi connectivity index (χ0n) is 19.6. The Morgan fingerprint density at radius 3 is 2.55 bits per heavy atom. The lowest BCUT2D eigenvalue weighted by atomic mass is 9.84. The summed E-state index contributed by atoms with van der Waals surface area (Å²) in [7, 11) is 1.69. The Hall–Kier alpha value is -2.54. The molecule has 3 aromatic rings. The van der Waals surface area contributed by atoms with Gasteiger partial charge in [-0.25, -0.2) is 4.98 Å². The molecule has 0 radical (unpaired) electrons. The lowest BCUT2D eigenvalue weighted by Crippen LogP contribution is -2.14. The fourth-order valence-corrected chi connectivity index (χ4v) is 4.11. The Balaban J connectivity index is 1.73. The molecule has 7 heteroatoms. The highest BCUT2D eigenvalue weighted by molar-refractivity contribution is 7.09. The molecule has 0 aliphatic rings. The van der Waals surface area contributed by atoms with Gasteiger partial charge in [0.2, 0.25) is 0 Å². The first-order valence-electron chi connectivity index (χ1n) is 10.8. The first kappa shape index (κ1) is 23.1. The number of thiazole rings is 1. The number of hydrogen-bond donors (Lipinski definition) is 0. The van der Waals surface area contributed by atoms with E-state index in [1.807, 2.05) is 18.2 Å². The molecule has 2 aromatic heterocycles. The second-order valence-electron chi connectivity index (χ2n) is 9.30. The van der Waals surface area contributed by atoms with Crippen LogP contribution in [0.4, 0.5) is 0 Å². The zero-order chi connectivity index (χ0) is 22.6. The van der Waals surface area contributed by atoms with Crippen molar-refractivity contribution in [3.8, 4) is 11.4 Å². The Morgan fingerprint density at radius 1 is 1.16 bits per heavy atom. The van der Waals surface area contributed by atoms with Gasteiger partial charge in [-0.15, -0.1) is 26.3 Å². The maximum absolute atomic E-state index is 5.56. The summed E-state index contributed by atoms with van der Waals surface area (Å²) < 4.78 is 5.56. The number of benzene rings is 1. The number of nitrogens with zero attached hydrogens (tertiary/aromatic N) is 5. The third-order valence-electron chi connectivity index (χ3n) is 5.08. The van der Waals surface area contributed by atoms with Gasteiger partial charge in [-0.05, 0) is 41.7 Å². The molecule has 0 unspecified atom stereocenters. The van der Waals surface area contributed by atoms with E-state index >= 15 is 0 Å². The van der Waals surface area contributed by atoms with E-state index in [9.17, 15) is 0 Å². The fourth-order valence-electron chi connectivity index (χ4n) is 3.28. The largest absolute Gasteiger partial charge is 0.496 e. The summed E-state index contributed by atoms with van der Waals surface area (Å²) in [5.74, 6) is 2.28. The van der Waals surface area contributed by atoms with Crippen molar-refractivity contribution in [3.63, 3.8) is 0 Å². The molecule has 0 fully saturated rings. The normalized spacial score (nSPS) is 12.4. The number of methoxy groups -OCH3 is 1. The van der Waals surface area contributed by atoms with Crippen LogP contribution >= 0.6 is 11.3 Å². The van der Waals surface area contributed by atoms with Gasteiger partial charge in [0.15, 0.2) is 5.82 Å². The maximum Gasteiger partial charge on any atom is 0.177 e. The summed E-state index contributed by atoms with van der Waals surface area (Å²) in [5, 5.41) is 16.2. The molecule has 0 spiro atoms. The van der Waals surface area contributed by atoms with E-state index in [2.05, 4.69) is 74.5 Å². The standard InChI is InChI=1S/C24H33N5OS/c1-16(2)22-26-28-29(27-22)20-10-11-21(30-7)18(13-20)9-8-12-24(5,6)14-19-15-31-23(25-19)17(3)4/h8-11,13,15-17H,12,14H2,1-7H3/b9-8+. The van der Waals surface area contributed by atoms with Crippen LogP contribution in [0.1, 0.15) is 81.9 Å². The van der Waals surface area contributed by atoms with Crippen molar-refractivity contribution >= 4 is 17.4 Å². The molecule has 31 heavy (non-hydrogen) atoms. The number of rotatable bonds is 9. The van der Waals surface area contributed by atoms with Crippen LogP contribution in [0.5, 0.6) is 5.75 Å². The highest BCUT2D eigenvalue weighted by Gasteiger charge is 2.19. The average Bonchev–Trinajstić information content (AvgIpc) is 3.37. The third kappa shape index (κ3) is 6.00. The minimum absolute atomic E-state index is 0.114. The molecule has 1 aromatic carbocycles. The molecule has 0 amide bonds. The van der Waals surface area contributed by atoms with Crippen LogP contribution in [-0.2, 0) is 6.42 Å². The monoisotopic (exact) mass is 439 g/mol. The minimum Gasteiger partial charge on any atom is -0.496 e. The lowest BCUT2D eigenvalue weighted by molar-refractivity contribution is 0.365. The first-order chi connectivity index (χ1) is 14.7. The van der Waals surface area contributed by atoms with Crippen molar-refractivity contribution < 1.29 is 4.74 Å². The van der Waals surface area contributed by atoms with E-state index in [4.69, 9.17) is 9.72 Å². The SMILES string of the molecule is COc1ccc(-n2nnc(C(C)C)n2)cc1/C=C/CC(C)(C)Cc1csc(C(C)C)n1. The molecule has 0 bridgehead atoms. The van der Waals surface area contributed by atoms with Gasteiger partial charge in [0, 0.05) is 22.8 Å². The molecular formula is C24H33N5OS. The van der Waals surface area contributed by atoms with Gasteiger partial charge in [-0.3, -0.25) is 0 Å². The van der Waals surface area contributed by atoms with Crippen LogP contribution in [0, 0.1) is 5.41 Å². The summed E-state index contributed by atoms with van der Waals surface area (Å²) >= 11 is 1.76. The summed E-state index contributed by atoms with van der Waals surface area (Å²) in [6, 6.07) is 5.92. The van der Waals surface area contributed by atoms with Gasteiger partial charge in [-0.2, -0.15) is 0 Å². The van der Waals surface area contributed by atoms with Crippen LogP contribution in [0.3, 0.4) is 0 Å². The lowest BCUT2D eigenvalue weighted by Gasteiger charge is -2.21. The molecule has 0 aliphatic heterocycles. The van der Waals surface area contributed by atoms with Crippen molar-refractivity contribution in [2.45, 2.75) is 66.2 Å². The predicted molar refractivity (Wildman–Crippen MR) is 127 cm³/mol. The molecule has 0 aliphatic carbocycles. The van der Waals surface area contributed by atoms with Crippen LogP contribution < -0.4 is 4.74 Å². The molecule has 6 nitrogen and oxygen atoms in total. The number of allylic oxidation sites excluding steroid dienone is 1. The summed E-state index contributed by atoms with van der Waals surface area (Å²) in [6.45, 7) is 13.1. The van der Waals surface area contributed by atoms with Gasteiger partial charge < -0.3 is 4.74 Å². The van der Waals surface area contributed by atoms with Crippen LogP contribution in [-0.4, -0.2) is 32.3 Å². The minimum atomic E-state index is 0.114. The van der Waals surface area contributed by atoms with Crippen LogP contribution in [0.25, 0.3) is 11.8 Å². The highest BCUT2D eigenvalue weighted by Crippen LogP contribution is 2.30. The van der Waals surface area contributed by atoms with Crippen molar-refractivity contribution in [2.24, 2.45) is 5.41 Å². The quantitative estimate of drug-likeness (QED) is 0.406. The van der Waals surface area contributed by atoms with Gasteiger partial charge in [0.05, 0.1) is 23.5 Å². The van der Waals surface area contributed by atoms with Crippen molar-refractivity contribution in [3.05, 3.63) is 51.7 Å². The topological polar surface area (TPSA) is 65.7 Å². The Morgan fingerprint density at radius 2 is 1.94 bits per heavy atom. The number of tetrazole rings is 1. The molecule has 0 N–H and O–H groups in total. The third-order valence-corrected chi connectivity index (χ3v) is 6.27. The molecule has 0 saturated heterocycles. The highest BCUT2D eigenvalue weighted by atomic mass is 32.1.